The summed E-state index contributed by atoms with van der Waals surface area (Å²) in [6.45, 7) is 1.02. The number of nitrogens with zero attached hydrogens (tertiary/aromatic N) is 3. The van der Waals surface area contributed by atoms with Gasteiger partial charge in [-0.15, -0.1) is 0 Å². The van der Waals surface area contributed by atoms with Gasteiger partial charge in [-0.05, 0) is 6.92 Å². The Balaban J connectivity index is 2.18. The summed E-state index contributed by atoms with van der Waals surface area (Å²) < 4.78 is 12.1. The van der Waals surface area contributed by atoms with Crippen LogP contribution in [0.5, 0.6) is 0 Å². The van der Waals surface area contributed by atoms with Crippen molar-refractivity contribution in [3.05, 3.63) is 18.1 Å². The molecule has 0 saturated carbocycles. The average molecular weight is 337 g/mol. The molecule has 24 heavy (non-hydrogen) atoms. The molecule has 3 heterocycles. The molecule has 1 aliphatic heterocycles. The predicted octanol–water partition coefficient (Wildman–Crippen LogP) is -1.01. The lowest BCUT2D eigenvalue weighted by molar-refractivity contribution is -0.115. The first-order valence-electron chi connectivity index (χ1n) is 7.22. The van der Waals surface area contributed by atoms with Gasteiger partial charge in [-0.25, -0.2) is 9.97 Å². The summed E-state index contributed by atoms with van der Waals surface area (Å²) in [6.07, 6.45) is -0.886. The molecule has 0 radical (unpaired) electrons. The second kappa shape index (κ2) is 5.67. The third-order valence-electron chi connectivity index (χ3n) is 4.31. The highest BCUT2D eigenvalue weighted by atomic mass is 16.6. The third kappa shape index (κ3) is 2.23. The summed E-state index contributed by atoms with van der Waals surface area (Å²) in [5, 5.41) is 38.3. The van der Waals surface area contributed by atoms with E-state index in [-0.39, 0.29) is 11.7 Å². The van der Waals surface area contributed by atoms with Crippen molar-refractivity contribution in [2.45, 2.75) is 31.0 Å². The highest BCUT2D eigenvalue weighted by Crippen LogP contribution is 2.39. The van der Waals surface area contributed by atoms with Crippen LogP contribution in [0.3, 0.4) is 0 Å². The first-order chi connectivity index (χ1) is 11.3. The molecule has 130 valence electrons. The van der Waals surface area contributed by atoms with E-state index >= 15 is 0 Å². The lowest BCUT2D eigenvalue weighted by atomic mass is 9.99. The fourth-order valence-corrected chi connectivity index (χ4v) is 2.87. The van der Waals surface area contributed by atoms with Gasteiger partial charge in [0.2, 0.25) is 5.90 Å². The maximum Gasteiger partial charge on any atom is 0.215 e. The van der Waals surface area contributed by atoms with Crippen LogP contribution < -0.4 is 5.73 Å². The lowest BCUT2D eigenvalue weighted by Crippen LogP contribution is -2.43. The monoisotopic (exact) mass is 337 g/mol. The van der Waals surface area contributed by atoms with E-state index < -0.39 is 30.6 Å². The second-order valence-electron chi connectivity index (χ2n) is 5.86. The molecule has 1 aliphatic rings. The van der Waals surface area contributed by atoms with Crippen LogP contribution in [0.1, 0.15) is 18.7 Å². The van der Waals surface area contributed by atoms with Crippen molar-refractivity contribution in [2.24, 2.45) is 0 Å². The molecule has 4 atom stereocenters. The minimum atomic E-state index is -1.33. The van der Waals surface area contributed by atoms with Gasteiger partial charge in [0.25, 0.3) is 0 Å². The van der Waals surface area contributed by atoms with Crippen LogP contribution >= 0.6 is 0 Å². The van der Waals surface area contributed by atoms with Crippen molar-refractivity contribution < 1.29 is 24.8 Å². The van der Waals surface area contributed by atoms with Gasteiger partial charge in [-0.2, -0.15) is 0 Å². The van der Waals surface area contributed by atoms with Gasteiger partial charge in [0.05, 0.1) is 24.7 Å². The van der Waals surface area contributed by atoms with Crippen LogP contribution in [0, 0.1) is 5.41 Å². The van der Waals surface area contributed by atoms with E-state index in [0.717, 1.165) is 0 Å². The van der Waals surface area contributed by atoms with Crippen molar-refractivity contribution >= 4 is 22.7 Å². The quantitative estimate of drug-likeness (QED) is 0.352. The normalized spacial score (nSPS) is 30.0. The topological polar surface area (TPSA) is 160 Å². The Kier molecular flexibility index (Phi) is 3.92. The molecule has 0 amide bonds. The number of methoxy groups -OCH3 is 1. The molecule has 3 rings (SSSR count). The third-order valence-corrected chi connectivity index (χ3v) is 4.31. The smallest absolute Gasteiger partial charge is 0.215 e. The average Bonchev–Trinajstić information content (AvgIpc) is 3.07. The number of rotatable bonds is 3. The summed E-state index contributed by atoms with van der Waals surface area (Å²) in [5.41, 5.74) is 5.21. The zero-order chi connectivity index (χ0) is 17.6. The Morgan fingerprint density at radius 3 is 2.79 bits per heavy atom. The zero-order valence-corrected chi connectivity index (χ0v) is 13.2. The van der Waals surface area contributed by atoms with E-state index in [4.69, 9.17) is 20.6 Å². The van der Waals surface area contributed by atoms with Crippen LogP contribution in [-0.4, -0.2) is 67.3 Å². The van der Waals surface area contributed by atoms with Gasteiger partial charge < -0.3 is 35.1 Å². The van der Waals surface area contributed by atoms with Crippen molar-refractivity contribution in [1.29, 1.82) is 5.41 Å². The van der Waals surface area contributed by atoms with Gasteiger partial charge in [-0.3, -0.25) is 5.41 Å². The van der Waals surface area contributed by atoms with Crippen molar-refractivity contribution in [3.63, 3.8) is 0 Å². The van der Waals surface area contributed by atoms with Gasteiger partial charge in [0, 0.05) is 6.20 Å². The van der Waals surface area contributed by atoms with Crippen LogP contribution in [0.15, 0.2) is 12.5 Å². The Bertz CT molecular complexity index is 793. The number of fused-ring (bicyclic) bond motifs is 1. The Hall–Kier alpha value is -2.27. The Labute approximate surface area is 137 Å². The standard InChI is InChI=1S/C14H19N5O5/c1-14(4-20)9(22)8(21)13(24-14)19-3-6(11(16)23-2)7-10(15)17-5-18-12(7)19/h3,5,8-9,13,16,20-22H,4H2,1-2H3,(H2,15,17,18)/t8-,9-,13+,14+/m0/s1. The first kappa shape index (κ1) is 16.6. The molecule has 1 saturated heterocycles. The molecule has 0 spiro atoms. The summed E-state index contributed by atoms with van der Waals surface area (Å²) >= 11 is 0. The number of hydrogen-bond acceptors (Lipinski definition) is 9. The van der Waals surface area contributed by atoms with E-state index in [1.54, 1.807) is 0 Å². The molecule has 10 heteroatoms. The molecule has 2 aromatic rings. The molecule has 0 aliphatic carbocycles. The van der Waals surface area contributed by atoms with Crippen LogP contribution in [0.25, 0.3) is 11.0 Å². The SMILES string of the molecule is COC(=N)c1cn([C@@H]2O[C@](C)(CO)[C@@H](O)[C@@H]2O)c2ncnc(N)c12. The minimum absolute atomic E-state index is 0.147. The predicted molar refractivity (Wildman–Crippen MR) is 83.4 cm³/mol. The molecular weight excluding hydrogens is 318 g/mol. The van der Waals surface area contributed by atoms with E-state index in [0.29, 0.717) is 16.6 Å². The second-order valence-corrected chi connectivity index (χ2v) is 5.86. The number of nitrogens with two attached hydrogens (primary N) is 1. The number of nitrogen functional groups attached to an aromatic ring is 1. The number of nitrogens with one attached hydrogen (secondary N) is 1. The highest BCUT2D eigenvalue weighted by molar-refractivity contribution is 6.08. The summed E-state index contributed by atoms with van der Waals surface area (Å²) in [6, 6.07) is 0. The maximum atomic E-state index is 10.3. The largest absolute Gasteiger partial charge is 0.481 e. The van der Waals surface area contributed by atoms with E-state index in [2.05, 4.69) is 9.97 Å². The fourth-order valence-electron chi connectivity index (χ4n) is 2.87. The van der Waals surface area contributed by atoms with Gasteiger partial charge in [0.15, 0.2) is 6.23 Å². The van der Waals surface area contributed by atoms with Crippen molar-refractivity contribution in [3.8, 4) is 0 Å². The van der Waals surface area contributed by atoms with Gasteiger partial charge >= 0.3 is 0 Å². The Morgan fingerprint density at radius 2 is 2.21 bits per heavy atom. The number of hydrogen-bond donors (Lipinski definition) is 5. The van der Waals surface area contributed by atoms with E-state index in [1.807, 2.05) is 0 Å². The number of aliphatic hydroxyl groups excluding tert-OH is 3. The van der Waals surface area contributed by atoms with E-state index in [9.17, 15) is 15.3 Å². The summed E-state index contributed by atoms with van der Waals surface area (Å²) in [5.74, 6) is -0.00768. The van der Waals surface area contributed by atoms with Crippen LogP contribution in [0.4, 0.5) is 5.82 Å². The number of aliphatic hydroxyl groups is 3. The Morgan fingerprint density at radius 1 is 1.50 bits per heavy atom. The molecule has 6 N–H and O–H groups in total. The molecule has 0 aromatic carbocycles. The van der Waals surface area contributed by atoms with Crippen molar-refractivity contribution in [2.75, 3.05) is 19.5 Å². The summed E-state index contributed by atoms with van der Waals surface area (Å²) in [7, 11) is 1.35. The molecule has 0 bridgehead atoms. The van der Waals surface area contributed by atoms with Crippen molar-refractivity contribution in [1.82, 2.24) is 14.5 Å². The number of anilines is 1. The van der Waals surface area contributed by atoms with Gasteiger partial charge in [0.1, 0.15) is 35.6 Å². The minimum Gasteiger partial charge on any atom is -0.481 e. The first-order valence-corrected chi connectivity index (χ1v) is 7.22. The lowest BCUT2D eigenvalue weighted by Gasteiger charge is -2.24. The molecule has 0 unspecified atom stereocenters. The van der Waals surface area contributed by atoms with Gasteiger partial charge in [-0.1, -0.05) is 0 Å². The van der Waals surface area contributed by atoms with Crippen LogP contribution in [-0.2, 0) is 9.47 Å². The molecule has 10 nitrogen and oxygen atoms in total. The fraction of sp³-hybridized carbons (Fsp3) is 0.500. The maximum absolute atomic E-state index is 10.3. The molecule has 2 aromatic heterocycles. The van der Waals surface area contributed by atoms with E-state index in [1.165, 1.54) is 31.1 Å². The van der Waals surface area contributed by atoms with Crippen LogP contribution in [0.2, 0.25) is 0 Å². The highest BCUT2D eigenvalue weighted by Gasteiger charge is 2.52. The number of aromatic nitrogens is 3. The number of ether oxygens (including phenoxy) is 2. The zero-order valence-electron chi connectivity index (χ0n) is 13.2. The summed E-state index contributed by atoms with van der Waals surface area (Å²) in [4.78, 5) is 8.05. The molecule has 1 fully saturated rings. The molecular formula is C14H19N5O5.